The van der Waals surface area contributed by atoms with Gasteiger partial charge in [-0.25, -0.2) is 9.67 Å². The number of carbonyl (C=O) groups is 1. The minimum absolute atomic E-state index is 0.104. The predicted molar refractivity (Wildman–Crippen MR) is 101 cm³/mol. The lowest BCUT2D eigenvalue weighted by molar-refractivity contribution is -0.384. The molecule has 0 atom stereocenters. The van der Waals surface area contributed by atoms with Crippen LogP contribution in [0.25, 0.3) is 5.69 Å². The fourth-order valence-electron chi connectivity index (χ4n) is 2.65. The molecule has 0 amide bonds. The first-order valence-corrected chi connectivity index (χ1v) is 8.07. The van der Waals surface area contributed by atoms with E-state index >= 15 is 0 Å². The van der Waals surface area contributed by atoms with Gasteiger partial charge in [0.15, 0.2) is 5.69 Å². The molecule has 0 aliphatic heterocycles. The number of non-ortho nitro benzene ring substituents is 1. The van der Waals surface area contributed by atoms with Gasteiger partial charge in [-0.1, -0.05) is 18.2 Å². The molecule has 0 fully saturated rings. The second-order valence-electron chi connectivity index (χ2n) is 5.84. The number of rotatable bonds is 5. The molecular formula is C19H16N4O4. The molecule has 0 spiro atoms. The summed E-state index contributed by atoms with van der Waals surface area (Å²) in [6.07, 6.45) is 1.06. The Morgan fingerprint density at radius 3 is 2.33 bits per heavy atom. The number of carbonyl (C=O) groups excluding carboxylic acids is 1. The summed E-state index contributed by atoms with van der Waals surface area (Å²) in [5.41, 5.74) is 1.27. The Morgan fingerprint density at radius 1 is 1.11 bits per heavy atom. The topological polar surface area (TPSA) is 99.5 Å². The second kappa shape index (κ2) is 7.20. The molecule has 136 valence electrons. The van der Waals surface area contributed by atoms with Gasteiger partial charge in [-0.05, 0) is 31.2 Å². The molecule has 0 aliphatic carbocycles. The van der Waals surface area contributed by atoms with E-state index < -0.39 is 10.7 Å². The number of nitro groups is 1. The largest absolute Gasteiger partial charge is 0.297 e. The van der Waals surface area contributed by atoms with Gasteiger partial charge in [0.2, 0.25) is 5.78 Å². The molecule has 0 radical (unpaired) electrons. The maximum absolute atomic E-state index is 12.7. The van der Waals surface area contributed by atoms with Crippen LogP contribution in [-0.2, 0) is 7.05 Å². The Labute approximate surface area is 154 Å². The highest BCUT2D eigenvalue weighted by Gasteiger charge is 2.15. The summed E-state index contributed by atoms with van der Waals surface area (Å²) in [5.74, 6) is -0.446. The third-order valence-corrected chi connectivity index (χ3v) is 4.20. The number of aliphatic imine (C=N–C) groups is 1. The number of Topliss-reactive ketones (excluding diaryl/α,β-unsaturated/α-hetero) is 1. The summed E-state index contributed by atoms with van der Waals surface area (Å²) in [7, 11) is 1.74. The molecule has 0 aliphatic rings. The van der Waals surface area contributed by atoms with E-state index in [9.17, 15) is 19.7 Å². The molecule has 8 nitrogen and oxygen atoms in total. The van der Waals surface area contributed by atoms with Gasteiger partial charge in [-0.2, -0.15) is 0 Å². The van der Waals surface area contributed by atoms with E-state index in [0.29, 0.717) is 11.4 Å². The second-order valence-corrected chi connectivity index (χ2v) is 5.84. The van der Waals surface area contributed by atoms with E-state index in [1.165, 1.54) is 28.9 Å². The average Bonchev–Trinajstić information content (AvgIpc) is 2.89. The number of para-hydroxylation sites is 1. The van der Waals surface area contributed by atoms with Gasteiger partial charge in [0.1, 0.15) is 0 Å². The quantitative estimate of drug-likeness (QED) is 0.301. The van der Waals surface area contributed by atoms with Gasteiger partial charge in [0.25, 0.3) is 11.2 Å². The molecule has 0 unspecified atom stereocenters. The van der Waals surface area contributed by atoms with Crippen LogP contribution in [0.1, 0.15) is 16.1 Å². The molecular weight excluding hydrogens is 348 g/mol. The van der Waals surface area contributed by atoms with Crippen LogP contribution in [0.2, 0.25) is 0 Å². The van der Waals surface area contributed by atoms with Gasteiger partial charge < -0.3 is 0 Å². The molecule has 0 saturated heterocycles. The molecule has 2 aromatic carbocycles. The molecule has 3 aromatic rings. The van der Waals surface area contributed by atoms with E-state index in [4.69, 9.17) is 0 Å². The van der Waals surface area contributed by atoms with Crippen LogP contribution in [0.5, 0.6) is 0 Å². The highest BCUT2D eigenvalue weighted by atomic mass is 16.6. The first-order chi connectivity index (χ1) is 12.9. The molecule has 1 heterocycles. The third-order valence-electron chi connectivity index (χ3n) is 4.20. The van der Waals surface area contributed by atoms with Crippen molar-refractivity contribution >= 4 is 23.4 Å². The van der Waals surface area contributed by atoms with Crippen LogP contribution in [-0.4, -0.2) is 26.3 Å². The van der Waals surface area contributed by atoms with E-state index in [-0.39, 0.29) is 22.5 Å². The van der Waals surface area contributed by atoms with Crippen LogP contribution < -0.4 is 5.56 Å². The Balaban J connectivity index is 1.93. The minimum atomic E-state index is -0.540. The SMILES string of the molecule is Cc1c(N=CC(=O)c2ccc([N+](=O)[O-])cc2)c(=O)n(-c2ccccc2)n1C. The minimum Gasteiger partial charge on any atom is -0.288 e. The summed E-state index contributed by atoms with van der Waals surface area (Å²) in [6.45, 7) is 1.74. The molecule has 0 N–H and O–H groups in total. The van der Waals surface area contributed by atoms with Crippen molar-refractivity contribution in [3.63, 3.8) is 0 Å². The van der Waals surface area contributed by atoms with E-state index in [1.54, 1.807) is 30.8 Å². The number of ketones is 1. The molecule has 3 rings (SSSR count). The number of aromatic nitrogens is 2. The first-order valence-electron chi connectivity index (χ1n) is 8.07. The summed E-state index contributed by atoms with van der Waals surface area (Å²) in [6, 6.07) is 14.3. The first kappa shape index (κ1) is 18.0. The van der Waals surface area contributed by atoms with Crippen LogP contribution >= 0.6 is 0 Å². The lowest BCUT2D eigenvalue weighted by atomic mass is 10.1. The Bertz CT molecular complexity index is 1090. The molecule has 1 aromatic heterocycles. The summed E-state index contributed by atoms with van der Waals surface area (Å²) in [4.78, 5) is 39.2. The van der Waals surface area contributed by atoms with E-state index in [1.807, 2.05) is 18.2 Å². The number of hydrogen-bond acceptors (Lipinski definition) is 5. The average molecular weight is 364 g/mol. The van der Waals surface area contributed by atoms with Crippen molar-refractivity contribution in [2.24, 2.45) is 12.0 Å². The van der Waals surface area contributed by atoms with Crippen LogP contribution in [0.4, 0.5) is 11.4 Å². The predicted octanol–water partition coefficient (Wildman–Crippen LogP) is 2.98. The molecule has 0 bridgehead atoms. The highest BCUT2D eigenvalue weighted by Crippen LogP contribution is 2.17. The monoisotopic (exact) mass is 364 g/mol. The number of hydrogen-bond donors (Lipinski definition) is 0. The van der Waals surface area contributed by atoms with E-state index in [2.05, 4.69) is 4.99 Å². The molecule has 27 heavy (non-hydrogen) atoms. The van der Waals surface area contributed by atoms with E-state index in [0.717, 1.165) is 6.21 Å². The lowest BCUT2D eigenvalue weighted by Gasteiger charge is -2.07. The van der Waals surface area contributed by atoms with Gasteiger partial charge in [0, 0.05) is 24.7 Å². The van der Waals surface area contributed by atoms with Gasteiger partial charge in [-0.3, -0.25) is 24.4 Å². The zero-order valence-corrected chi connectivity index (χ0v) is 14.7. The van der Waals surface area contributed by atoms with Crippen LogP contribution in [0.3, 0.4) is 0 Å². The van der Waals surface area contributed by atoms with Crippen molar-refractivity contribution < 1.29 is 9.72 Å². The van der Waals surface area contributed by atoms with Crippen molar-refractivity contribution in [2.45, 2.75) is 6.92 Å². The van der Waals surface area contributed by atoms with Crippen molar-refractivity contribution in [3.8, 4) is 5.69 Å². The summed E-state index contributed by atoms with van der Waals surface area (Å²) in [5, 5.41) is 10.7. The fourth-order valence-corrected chi connectivity index (χ4v) is 2.65. The fraction of sp³-hybridized carbons (Fsp3) is 0.105. The molecule has 8 heteroatoms. The number of benzene rings is 2. The number of nitro benzene ring substituents is 1. The summed E-state index contributed by atoms with van der Waals surface area (Å²) >= 11 is 0. The van der Waals surface area contributed by atoms with Gasteiger partial charge in [0.05, 0.1) is 22.5 Å². The van der Waals surface area contributed by atoms with Crippen LogP contribution in [0, 0.1) is 17.0 Å². The van der Waals surface area contributed by atoms with Crippen molar-refractivity contribution in [1.82, 2.24) is 9.36 Å². The Kier molecular flexibility index (Phi) is 4.80. The van der Waals surface area contributed by atoms with Crippen molar-refractivity contribution in [2.75, 3.05) is 0 Å². The number of nitrogens with zero attached hydrogens (tertiary/aromatic N) is 4. The standard InChI is InChI=1S/C19H16N4O4/c1-13-18(19(25)22(21(13)2)15-6-4-3-5-7-15)20-12-17(24)14-8-10-16(11-9-14)23(26)27/h3-12H,1-2H3. The Hall–Kier alpha value is -3.81. The highest BCUT2D eigenvalue weighted by molar-refractivity contribution is 6.35. The molecule has 0 saturated carbocycles. The maximum Gasteiger partial charge on any atom is 0.297 e. The van der Waals surface area contributed by atoms with Crippen molar-refractivity contribution in [3.05, 3.63) is 86.3 Å². The summed E-state index contributed by atoms with van der Waals surface area (Å²) < 4.78 is 3.14. The van der Waals surface area contributed by atoms with Gasteiger partial charge in [-0.15, -0.1) is 0 Å². The third kappa shape index (κ3) is 3.45. The van der Waals surface area contributed by atoms with Gasteiger partial charge >= 0.3 is 0 Å². The Morgan fingerprint density at radius 2 is 1.74 bits per heavy atom. The van der Waals surface area contributed by atoms with Crippen molar-refractivity contribution in [1.29, 1.82) is 0 Å². The van der Waals surface area contributed by atoms with Crippen LogP contribution in [0.15, 0.2) is 64.4 Å². The zero-order chi connectivity index (χ0) is 19.6. The smallest absolute Gasteiger partial charge is 0.288 e. The zero-order valence-electron chi connectivity index (χ0n) is 14.7. The normalized spacial score (nSPS) is 11.0. The lowest BCUT2D eigenvalue weighted by Crippen LogP contribution is -2.19. The maximum atomic E-state index is 12.7.